The molecule has 0 aromatic heterocycles. The van der Waals surface area contributed by atoms with E-state index in [0.717, 1.165) is 5.92 Å². The van der Waals surface area contributed by atoms with E-state index < -0.39 is 0 Å². The first-order valence-corrected chi connectivity index (χ1v) is 5.30. The summed E-state index contributed by atoms with van der Waals surface area (Å²) in [6, 6.07) is 0. The smallest absolute Gasteiger partial charge is 0.0161 e. The highest BCUT2D eigenvalue weighted by molar-refractivity contribution is 5.05. The van der Waals surface area contributed by atoms with Gasteiger partial charge in [0, 0.05) is 12.1 Å². The molecule has 1 heterocycles. The van der Waals surface area contributed by atoms with E-state index in [4.69, 9.17) is 0 Å². The number of hydrogen-bond donors (Lipinski definition) is 1. The van der Waals surface area contributed by atoms with E-state index in [2.05, 4.69) is 26.1 Å². The molecule has 1 nitrogen and oxygen atoms in total. The molecule has 0 aromatic carbocycles. The lowest BCUT2D eigenvalue weighted by molar-refractivity contribution is 0.159. The van der Waals surface area contributed by atoms with Gasteiger partial charge in [-0.05, 0) is 37.5 Å². The Bertz CT molecular complexity index is 171. The fraction of sp³-hybridized carbons (Fsp3) is 1.00. The summed E-state index contributed by atoms with van der Waals surface area (Å²) >= 11 is 0. The lowest BCUT2D eigenvalue weighted by Crippen LogP contribution is -2.39. The third kappa shape index (κ3) is 1.28. The van der Waals surface area contributed by atoms with Crippen LogP contribution in [0.5, 0.6) is 0 Å². The molecule has 3 unspecified atom stereocenters. The van der Waals surface area contributed by atoms with Crippen LogP contribution in [0, 0.1) is 11.3 Å². The monoisotopic (exact) mass is 167 g/mol. The van der Waals surface area contributed by atoms with Gasteiger partial charge in [-0.25, -0.2) is 0 Å². The van der Waals surface area contributed by atoms with Crippen LogP contribution in [0.15, 0.2) is 0 Å². The standard InChI is InChI=1S/C11H21N/c1-4-9-5-10(2)7-11(3,6-9)12-8-10/h9,12H,4-8H2,1-3H3. The molecular weight excluding hydrogens is 146 g/mol. The van der Waals surface area contributed by atoms with Crippen LogP contribution in [-0.4, -0.2) is 12.1 Å². The van der Waals surface area contributed by atoms with Crippen molar-refractivity contribution in [3.8, 4) is 0 Å². The molecule has 0 radical (unpaired) electrons. The molecule has 12 heavy (non-hydrogen) atoms. The topological polar surface area (TPSA) is 12.0 Å². The molecule has 1 heteroatoms. The third-order valence-corrected chi connectivity index (χ3v) is 3.86. The Hall–Kier alpha value is -0.0400. The number of nitrogens with one attached hydrogen (secondary N) is 1. The maximum atomic E-state index is 3.70. The highest BCUT2D eigenvalue weighted by Gasteiger charge is 2.48. The Morgan fingerprint density at radius 2 is 2.08 bits per heavy atom. The first-order chi connectivity index (χ1) is 5.55. The van der Waals surface area contributed by atoms with Crippen LogP contribution >= 0.6 is 0 Å². The van der Waals surface area contributed by atoms with Gasteiger partial charge < -0.3 is 5.32 Å². The van der Waals surface area contributed by atoms with Gasteiger partial charge in [-0.15, -0.1) is 0 Å². The van der Waals surface area contributed by atoms with Gasteiger partial charge >= 0.3 is 0 Å². The zero-order valence-corrected chi connectivity index (χ0v) is 8.61. The van der Waals surface area contributed by atoms with E-state index in [1.54, 1.807) is 0 Å². The van der Waals surface area contributed by atoms with Gasteiger partial charge in [0.1, 0.15) is 0 Å². The molecule has 0 spiro atoms. The van der Waals surface area contributed by atoms with Crippen molar-refractivity contribution in [2.45, 2.75) is 52.0 Å². The predicted molar refractivity (Wildman–Crippen MR) is 52.1 cm³/mol. The summed E-state index contributed by atoms with van der Waals surface area (Å²) < 4.78 is 0. The first-order valence-electron chi connectivity index (χ1n) is 5.30. The van der Waals surface area contributed by atoms with Crippen molar-refractivity contribution in [2.24, 2.45) is 11.3 Å². The van der Waals surface area contributed by atoms with E-state index >= 15 is 0 Å². The van der Waals surface area contributed by atoms with E-state index in [-0.39, 0.29) is 0 Å². The van der Waals surface area contributed by atoms with Crippen molar-refractivity contribution in [1.82, 2.24) is 5.32 Å². The second kappa shape index (κ2) is 2.47. The van der Waals surface area contributed by atoms with Gasteiger partial charge in [0.15, 0.2) is 0 Å². The lowest BCUT2D eigenvalue weighted by atomic mass is 9.67. The van der Waals surface area contributed by atoms with Gasteiger partial charge in [0.2, 0.25) is 0 Å². The second-order valence-corrected chi connectivity index (χ2v) is 5.58. The molecule has 2 fully saturated rings. The van der Waals surface area contributed by atoms with E-state index in [1.807, 2.05) is 0 Å². The maximum Gasteiger partial charge on any atom is 0.0161 e. The predicted octanol–water partition coefficient (Wildman–Crippen LogP) is 2.56. The average molecular weight is 167 g/mol. The Balaban J connectivity index is 2.16. The van der Waals surface area contributed by atoms with Gasteiger partial charge in [0.05, 0.1) is 0 Å². The summed E-state index contributed by atoms with van der Waals surface area (Å²) in [7, 11) is 0. The minimum atomic E-state index is 0.480. The van der Waals surface area contributed by atoms with Crippen LogP contribution in [0.3, 0.4) is 0 Å². The average Bonchev–Trinajstić information content (AvgIpc) is 2.20. The summed E-state index contributed by atoms with van der Waals surface area (Å²) in [5.41, 5.74) is 1.10. The molecule has 2 bridgehead atoms. The largest absolute Gasteiger partial charge is 0.311 e. The number of hydrogen-bond acceptors (Lipinski definition) is 1. The van der Waals surface area contributed by atoms with Crippen molar-refractivity contribution >= 4 is 0 Å². The molecule has 1 N–H and O–H groups in total. The summed E-state index contributed by atoms with van der Waals surface area (Å²) in [5.74, 6) is 0.976. The van der Waals surface area contributed by atoms with E-state index in [0.29, 0.717) is 11.0 Å². The summed E-state index contributed by atoms with van der Waals surface area (Å²) in [6.45, 7) is 8.44. The highest BCUT2D eigenvalue weighted by Crippen LogP contribution is 2.49. The van der Waals surface area contributed by atoms with Crippen molar-refractivity contribution in [1.29, 1.82) is 0 Å². The Morgan fingerprint density at radius 1 is 1.33 bits per heavy atom. The first kappa shape index (κ1) is 8.55. The van der Waals surface area contributed by atoms with Crippen LogP contribution in [0.1, 0.15) is 46.5 Å². The van der Waals surface area contributed by atoms with Crippen LogP contribution in [0.2, 0.25) is 0 Å². The van der Waals surface area contributed by atoms with Gasteiger partial charge in [-0.2, -0.15) is 0 Å². The van der Waals surface area contributed by atoms with Crippen LogP contribution < -0.4 is 5.32 Å². The maximum absolute atomic E-state index is 3.70. The molecule has 1 aliphatic carbocycles. The molecule has 0 aromatic rings. The van der Waals surface area contributed by atoms with Crippen molar-refractivity contribution < 1.29 is 0 Å². The summed E-state index contributed by atoms with van der Waals surface area (Å²) in [5, 5.41) is 3.70. The zero-order chi connectivity index (χ0) is 8.82. The number of rotatable bonds is 1. The molecule has 0 amide bonds. The Morgan fingerprint density at radius 3 is 2.67 bits per heavy atom. The van der Waals surface area contributed by atoms with Crippen molar-refractivity contribution in [2.75, 3.05) is 6.54 Å². The zero-order valence-electron chi connectivity index (χ0n) is 8.61. The van der Waals surface area contributed by atoms with Crippen LogP contribution in [0.25, 0.3) is 0 Å². The minimum Gasteiger partial charge on any atom is -0.311 e. The molecule has 1 aliphatic heterocycles. The van der Waals surface area contributed by atoms with Crippen LogP contribution in [0.4, 0.5) is 0 Å². The fourth-order valence-corrected chi connectivity index (χ4v) is 3.48. The minimum absolute atomic E-state index is 0.480. The van der Waals surface area contributed by atoms with Gasteiger partial charge in [-0.1, -0.05) is 20.3 Å². The third-order valence-electron chi connectivity index (χ3n) is 3.86. The molecule has 2 aliphatic rings. The molecule has 70 valence electrons. The van der Waals surface area contributed by atoms with Gasteiger partial charge in [-0.3, -0.25) is 0 Å². The Labute approximate surface area is 75.9 Å². The van der Waals surface area contributed by atoms with E-state index in [1.165, 1.54) is 32.2 Å². The van der Waals surface area contributed by atoms with Crippen molar-refractivity contribution in [3.63, 3.8) is 0 Å². The van der Waals surface area contributed by atoms with E-state index in [9.17, 15) is 0 Å². The molecular formula is C11H21N. The SMILES string of the molecule is CCC1CC2(C)CNC(C)(C1)C2. The summed E-state index contributed by atoms with van der Waals surface area (Å²) in [6.07, 6.45) is 5.62. The number of fused-ring (bicyclic) bond motifs is 2. The van der Waals surface area contributed by atoms with Crippen LogP contribution in [-0.2, 0) is 0 Å². The molecule has 2 rings (SSSR count). The Kier molecular flexibility index (Phi) is 1.76. The highest BCUT2D eigenvalue weighted by atomic mass is 15.0. The molecule has 1 saturated heterocycles. The molecule has 1 saturated carbocycles. The quantitative estimate of drug-likeness (QED) is 0.633. The van der Waals surface area contributed by atoms with Gasteiger partial charge in [0.25, 0.3) is 0 Å². The fourth-order valence-electron chi connectivity index (χ4n) is 3.48. The van der Waals surface area contributed by atoms with Crippen molar-refractivity contribution in [3.05, 3.63) is 0 Å². The second-order valence-electron chi connectivity index (χ2n) is 5.58. The molecule has 3 atom stereocenters. The normalized spacial score (nSPS) is 52.8. The summed E-state index contributed by atoms with van der Waals surface area (Å²) in [4.78, 5) is 0. The lowest BCUT2D eigenvalue weighted by Gasteiger charge is -2.39.